The van der Waals surface area contributed by atoms with Gasteiger partial charge in [0.15, 0.2) is 66.3 Å². The number of methoxy groups -OCH3 is 1. The van der Waals surface area contributed by atoms with Crippen molar-refractivity contribution in [3.8, 4) is 21.3 Å². The van der Waals surface area contributed by atoms with Gasteiger partial charge in [-0.25, -0.2) is 18.4 Å². The third kappa shape index (κ3) is 17.9. The maximum absolute atomic E-state index is 13.6. The molecule has 21 rings (SSSR count). The van der Waals surface area contributed by atoms with Crippen LogP contribution in [0.5, 0.6) is 11.5 Å². The Kier molecular flexibility index (Phi) is 24.8. The number of hydrogen-bond donors (Lipinski definition) is 0. The normalized spacial score (nSPS) is 17.7. The second-order valence-corrected chi connectivity index (χ2v) is 40.4. The minimum Gasteiger partial charge on any atom is -0.481 e. The number of rotatable bonds is 14. The van der Waals surface area contributed by atoms with Crippen LogP contribution >= 0.6 is 20.9 Å². The van der Waals surface area contributed by atoms with Gasteiger partial charge >= 0.3 is 18.1 Å². The van der Waals surface area contributed by atoms with Gasteiger partial charge in [-0.2, -0.15) is 13.2 Å². The molecule has 2 saturated heterocycles. The molecular weight excluding hydrogens is 1540 g/mol. The summed E-state index contributed by atoms with van der Waals surface area (Å²) in [7, 11) is 1.14. The molecule has 4 aliphatic carbocycles. The summed E-state index contributed by atoms with van der Waals surface area (Å²) in [6.07, 6.45) is 7.63. The first-order valence-corrected chi connectivity index (χ1v) is 46.3. The summed E-state index contributed by atoms with van der Waals surface area (Å²) in [5, 5.41) is 9.28. The predicted octanol–water partition coefficient (Wildman–Crippen LogP) is 26.4. The summed E-state index contributed by atoms with van der Waals surface area (Å²) >= 11 is 0. The molecular formula is C99H90F5O6S5+5. The third-order valence-electron chi connectivity index (χ3n) is 22.4. The highest BCUT2D eigenvalue weighted by atomic mass is 32.2. The molecule has 582 valence electrons. The van der Waals surface area contributed by atoms with Gasteiger partial charge in [-0.1, -0.05) is 140 Å². The Hall–Kier alpha value is -9.94. The van der Waals surface area contributed by atoms with E-state index in [0.29, 0.717) is 43.4 Å². The first kappa shape index (κ1) is 78.9. The van der Waals surface area contributed by atoms with Crippen LogP contribution in [0.25, 0.3) is 71.7 Å². The van der Waals surface area contributed by atoms with E-state index in [4.69, 9.17) is 14.2 Å². The number of fused-ring (bicyclic) bond motifs is 8. The Labute approximate surface area is 682 Å². The average Bonchev–Trinajstić information content (AvgIpc) is 1.71. The maximum Gasteiger partial charge on any atom is 0.416 e. The van der Waals surface area contributed by atoms with Gasteiger partial charge in [-0.05, 0) is 227 Å². The fraction of sp³-hybridized carbons (Fsp3) is 0.232. The first-order valence-electron chi connectivity index (χ1n) is 39.5. The molecule has 13 aromatic carbocycles. The molecule has 0 amide bonds. The molecule has 16 heteroatoms. The molecule has 0 radical (unpaired) electrons. The lowest BCUT2D eigenvalue weighted by Gasteiger charge is -2.53. The van der Waals surface area contributed by atoms with Gasteiger partial charge in [0.2, 0.25) is 0 Å². The highest BCUT2D eigenvalue weighted by Crippen LogP contribution is 2.56. The molecule has 4 heterocycles. The number of esters is 2. The number of benzene rings is 13. The van der Waals surface area contributed by atoms with Crippen LogP contribution in [0.2, 0.25) is 0 Å². The first-order chi connectivity index (χ1) is 56.2. The number of thiophene rings is 2. The molecule has 4 saturated carbocycles. The van der Waals surface area contributed by atoms with Crippen LogP contribution in [0.15, 0.2) is 322 Å². The van der Waals surface area contributed by atoms with Crippen LogP contribution in [0, 0.1) is 42.2 Å². The highest BCUT2D eigenvalue weighted by molar-refractivity contribution is 7.97. The standard InChI is InChI=1S/C26H31O3S.C19H12F3S.C19H17S.C18H11F2S.C17H19O3S/c27-25(29-26-19-12-17-11-18(14-19)15-20(26)13-17)16-28-23-7-8-24(30-9-3-4-10-30)22-6-2-1-5-21(22)23;20-19(21,22)13-6-5-7-14(12-13)23-17-10-3-1-8-15(17)16-9-2-4-11-18(16)23;1-16-9-8-14-19(15-16)20(17-10-4-2-5-11-17)18-12-6-3-7-13-18;19-12-9-13(20)11-14(10-12)21-17-7-3-1-5-15(17)16-6-2-4-8-18(16)21;1-19-17(18)12-20-15-8-9-16(21-10-4-5-11-21)14-7-3-2-6-13(14)15/h1-2,5-8,17-20,26H,3-4,9-16H2;1-12H;2-15H,1H3;1-11H;2-3,6-9H,4-5,10-12H2,1H3/q5*+1. The average molecular weight is 1630 g/mol. The Morgan fingerprint density at radius 2 is 0.783 bits per heavy atom. The van der Waals surface area contributed by atoms with Crippen molar-refractivity contribution in [1.29, 1.82) is 0 Å². The zero-order valence-electron chi connectivity index (χ0n) is 64.2. The Morgan fingerprint density at radius 3 is 1.22 bits per heavy atom. The fourth-order valence-corrected chi connectivity index (χ4v) is 29.6. The Bertz CT molecular complexity index is 5740. The van der Waals surface area contributed by atoms with E-state index in [0.717, 1.165) is 86.6 Å². The van der Waals surface area contributed by atoms with E-state index in [1.54, 1.807) is 6.07 Å². The SMILES string of the molecule is COC(=O)COc1ccc([S+]2CCCC2)c2ccccc12.Cc1cccc([S+](c2ccccc2)c2ccccc2)c1.FC(F)(F)c1cccc(-[s+]2c3ccccc3c3ccccc32)c1.Fc1cc(F)cc(-[s+]2c3ccccc3c3ccccc32)c1.O=C(COc1ccc([S+]2CCCC2)c2ccccc12)OC1C2CC3CC(C2)CC1C3. The molecule has 2 aliphatic heterocycles. The van der Waals surface area contributed by atoms with Gasteiger partial charge in [0.1, 0.15) is 52.2 Å². The lowest BCUT2D eigenvalue weighted by atomic mass is 9.55. The molecule has 2 aromatic heterocycles. The Morgan fingerprint density at radius 1 is 0.391 bits per heavy atom. The molecule has 6 aliphatic rings. The van der Waals surface area contributed by atoms with Gasteiger partial charge in [0, 0.05) is 110 Å². The van der Waals surface area contributed by atoms with Crippen molar-refractivity contribution in [3.05, 3.63) is 320 Å². The predicted molar refractivity (Wildman–Crippen MR) is 469 cm³/mol. The number of alkyl halides is 3. The summed E-state index contributed by atoms with van der Waals surface area (Å²) in [5.74, 6) is 8.13. The van der Waals surface area contributed by atoms with Gasteiger partial charge in [0.05, 0.1) is 23.6 Å². The van der Waals surface area contributed by atoms with Crippen molar-refractivity contribution in [2.45, 2.75) is 101 Å². The second kappa shape index (κ2) is 36.1. The summed E-state index contributed by atoms with van der Waals surface area (Å²) < 4.78 is 93.1. The maximum atomic E-state index is 13.6. The van der Waals surface area contributed by atoms with Gasteiger partial charge < -0.3 is 18.9 Å². The van der Waals surface area contributed by atoms with E-state index >= 15 is 0 Å². The number of hydrogen-bond acceptors (Lipinski definition) is 6. The molecule has 4 bridgehead atoms. The molecule has 6 fully saturated rings. The number of carbonyl (C=O) groups excluding carboxylic acids is 2. The van der Waals surface area contributed by atoms with E-state index in [1.165, 1.54) is 153 Å². The molecule has 0 atom stereocenters. The van der Waals surface area contributed by atoms with Crippen LogP contribution in [-0.2, 0) is 57.9 Å². The van der Waals surface area contributed by atoms with Crippen molar-refractivity contribution < 1.29 is 50.5 Å². The summed E-state index contributed by atoms with van der Waals surface area (Å²) in [4.78, 5) is 32.3. The van der Waals surface area contributed by atoms with Gasteiger partial charge in [-0.3, -0.25) is 0 Å². The molecule has 0 unspecified atom stereocenters. The van der Waals surface area contributed by atoms with E-state index in [1.807, 2.05) is 97.1 Å². The minimum absolute atomic E-state index is 0.0118. The molecule has 6 nitrogen and oxygen atoms in total. The topological polar surface area (TPSA) is 71.1 Å². The lowest BCUT2D eigenvalue weighted by Crippen LogP contribution is -2.50. The van der Waals surface area contributed by atoms with Gasteiger partial charge in [-0.15, -0.1) is 0 Å². The van der Waals surface area contributed by atoms with E-state index < -0.39 is 44.3 Å². The van der Waals surface area contributed by atoms with Crippen molar-refractivity contribution >= 4 is 127 Å². The fourth-order valence-electron chi connectivity index (χ4n) is 17.5. The zero-order chi connectivity index (χ0) is 78.9. The van der Waals surface area contributed by atoms with Crippen molar-refractivity contribution in [2.75, 3.05) is 43.3 Å². The Balaban J connectivity index is 0.000000109. The second-order valence-electron chi connectivity index (χ2n) is 29.9. The van der Waals surface area contributed by atoms with E-state index in [9.17, 15) is 31.5 Å². The minimum atomic E-state index is -4.32. The van der Waals surface area contributed by atoms with Crippen LogP contribution in [0.4, 0.5) is 22.0 Å². The van der Waals surface area contributed by atoms with Crippen LogP contribution in [0.3, 0.4) is 0 Å². The molecule has 15 aromatic rings. The summed E-state index contributed by atoms with van der Waals surface area (Å²) in [5.41, 5.74) is 0.719. The largest absolute Gasteiger partial charge is 0.481 e. The van der Waals surface area contributed by atoms with Crippen molar-refractivity contribution in [1.82, 2.24) is 0 Å². The number of carbonyl (C=O) groups is 2. The number of ether oxygens (including phenoxy) is 4. The zero-order valence-corrected chi connectivity index (χ0v) is 68.2. The quantitative estimate of drug-likeness (QED) is 0.0614. The molecule has 115 heavy (non-hydrogen) atoms. The van der Waals surface area contributed by atoms with E-state index in [2.05, 4.69) is 169 Å². The molecule has 0 N–H and O–H groups in total. The number of aryl methyl sites for hydroxylation is 1. The monoisotopic (exact) mass is 1630 g/mol. The van der Waals surface area contributed by atoms with Crippen molar-refractivity contribution in [2.24, 2.45) is 23.7 Å². The van der Waals surface area contributed by atoms with E-state index in [-0.39, 0.29) is 42.2 Å². The molecule has 0 spiro atoms. The highest BCUT2D eigenvalue weighted by Gasteiger charge is 2.50. The van der Waals surface area contributed by atoms with Gasteiger partial charge in [0.25, 0.3) is 0 Å². The van der Waals surface area contributed by atoms with Crippen LogP contribution in [-0.4, -0.2) is 61.4 Å². The summed E-state index contributed by atoms with van der Waals surface area (Å²) in [6, 6.07) is 97.1. The third-order valence-corrected chi connectivity index (χ3v) is 34.3. The van der Waals surface area contributed by atoms with Crippen LogP contribution < -0.4 is 9.47 Å². The van der Waals surface area contributed by atoms with Crippen LogP contribution in [0.1, 0.15) is 68.9 Å². The summed E-state index contributed by atoms with van der Waals surface area (Å²) in [6.45, 7) is 2.12. The number of halogens is 5. The van der Waals surface area contributed by atoms with Crippen molar-refractivity contribution in [3.63, 3.8) is 0 Å². The smallest absolute Gasteiger partial charge is 0.416 e. The lowest BCUT2D eigenvalue weighted by molar-refractivity contribution is -0.172.